The van der Waals surface area contributed by atoms with E-state index < -0.39 is 0 Å². The molecule has 90 valence electrons. The molecule has 2 rings (SSSR count). The zero-order chi connectivity index (χ0) is 12.4. The molecule has 0 aromatic carbocycles. The number of hydrogen-bond acceptors (Lipinski definition) is 4. The molecule has 0 saturated heterocycles. The summed E-state index contributed by atoms with van der Waals surface area (Å²) in [6.45, 7) is 1.70. The lowest BCUT2D eigenvalue weighted by molar-refractivity contribution is 0.0946. The highest BCUT2D eigenvalue weighted by molar-refractivity contribution is 5.99. The van der Waals surface area contributed by atoms with Crippen LogP contribution in [-0.2, 0) is 0 Å². The number of fused-ring (bicyclic) bond motifs is 1. The number of aryl methyl sites for hydroxylation is 1. The van der Waals surface area contributed by atoms with Crippen molar-refractivity contribution in [1.82, 2.24) is 19.9 Å². The SMILES string of the molecule is Cc1cc(=O)n2[nH]cc(C(=O)NCCO)c2n1. The van der Waals surface area contributed by atoms with Crippen LogP contribution in [-0.4, -0.2) is 38.8 Å². The van der Waals surface area contributed by atoms with Crippen LogP contribution in [0.2, 0.25) is 0 Å². The molecule has 0 unspecified atom stereocenters. The minimum atomic E-state index is -0.379. The second-order valence-corrected chi connectivity index (χ2v) is 3.56. The van der Waals surface area contributed by atoms with Gasteiger partial charge in [-0.2, -0.15) is 0 Å². The van der Waals surface area contributed by atoms with E-state index in [2.05, 4.69) is 15.4 Å². The average molecular weight is 236 g/mol. The van der Waals surface area contributed by atoms with Crippen molar-refractivity contribution in [3.63, 3.8) is 0 Å². The highest BCUT2D eigenvalue weighted by Gasteiger charge is 2.14. The first kappa shape index (κ1) is 11.3. The van der Waals surface area contributed by atoms with Gasteiger partial charge in [-0.15, -0.1) is 0 Å². The number of aromatic amines is 1. The van der Waals surface area contributed by atoms with Crippen molar-refractivity contribution in [3.05, 3.63) is 33.9 Å². The van der Waals surface area contributed by atoms with Gasteiger partial charge in [0.1, 0.15) is 5.56 Å². The van der Waals surface area contributed by atoms with Crippen molar-refractivity contribution in [3.8, 4) is 0 Å². The zero-order valence-corrected chi connectivity index (χ0v) is 9.23. The number of H-pyrrole nitrogens is 1. The van der Waals surface area contributed by atoms with Gasteiger partial charge in [-0.3, -0.25) is 14.7 Å². The Morgan fingerprint density at radius 1 is 1.65 bits per heavy atom. The van der Waals surface area contributed by atoms with Gasteiger partial charge in [0.15, 0.2) is 5.65 Å². The van der Waals surface area contributed by atoms with Crippen molar-refractivity contribution in [2.24, 2.45) is 0 Å². The van der Waals surface area contributed by atoms with Gasteiger partial charge in [0.25, 0.3) is 11.5 Å². The number of nitrogens with one attached hydrogen (secondary N) is 2. The fourth-order valence-corrected chi connectivity index (χ4v) is 1.53. The molecule has 17 heavy (non-hydrogen) atoms. The highest BCUT2D eigenvalue weighted by Crippen LogP contribution is 2.05. The number of aromatic nitrogens is 3. The molecule has 7 heteroatoms. The van der Waals surface area contributed by atoms with Crippen LogP contribution >= 0.6 is 0 Å². The molecular weight excluding hydrogens is 224 g/mol. The van der Waals surface area contributed by atoms with Gasteiger partial charge in [0.2, 0.25) is 0 Å². The molecule has 2 aromatic rings. The maximum absolute atomic E-state index is 11.7. The minimum absolute atomic E-state index is 0.138. The molecule has 2 heterocycles. The molecule has 3 N–H and O–H groups in total. The minimum Gasteiger partial charge on any atom is -0.395 e. The summed E-state index contributed by atoms with van der Waals surface area (Å²) in [7, 11) is 0. The maximum atomic E-state index is 11.7. The fraction of sp³-hybridized carbons (Fsp3) is 0.300. The molecule has 7 nitrogen and oxygen atoms in total. The summed E-state index contributed by atoms with van der Waals surface area (Å²) >= 11 is 0. The van der Waals surface area contributed by atoms with E-state index in [0.29, 0.717) is 5.69 Å². The molecule has 0 fully saturated rings. The number of rotatable bonds is 3. The Kier molecular flexibility index (Phi) is 2.92. The van der Waals surface area contributed by atoms with Crippen LogP contribution in [0.4, 0.5) is 0 Å². The Hall–Kier alpha value is -2.15. The summed E-state index contributed by atoms with van der Waals surface area (Å²) in [6.07, 6.45) is 1.41. The van der Waals surface area contributed by atoms with Gasteiger partial charge >= 0.3 is 0 Å². The molecule has 0 atom stereocenters. The standard InChI is InChI=1S/C10H12N4O3/c1-6-4-8(16)14-9(13-6)7(5-12-14)10(17)11-2-3-15/h4-5,12,15H,2-3H2,1H3,(H,11,17). The lowest BCUT2D eigenvalue weighted by Gasteiger charge is -2.01. The van der Waals surface area contributed by atoms with Gasteiger partial charge in [-0.25, -0.2) is 9.50 Å². The van der Waals surface area contributed by atoms with E-state index in [0.717, 1.165) is 0 Å². The molecule has 0 radical (unpaired) electrons. The van der Waals surface area contributed by atoms with Gasteiger partial charge in [-0.05, 0) is 6.92 Å². The van der Waals surface area contributed by atoms with Crippen LogP contribution in [0.25, 0.3) is 5.65 Å². The molecule has 2 aromatic heterocycles. The summed E-state index contributed by atoms with van der Waals surface area (Å²) < 4.78 is 1.20. The van der Waals surface area contributed by atoms with Crippen LogP contribution in [0.15, 0.2) is 17.1 Å². The van der Waals surface area contributed by atoms with Crippen molar-refractivity contribution < 1.29 is 9.90 Å². The van der Waals surface area contributed by atoms with E-state index in [1.165, 1.54) is 16.8 Å². The van der Waals surface area contributed by atoms with Gasteiger partial charge in [-0.1, -0.05) is 0 Å². The smallest absolute Gasteiger partial charge is 0.272 e. The number of carbonyl (C=O) groups is 1. The number of amides is 1. The highest BCUT2D eigenvalue weighted by atomic mass is 16.3. The lowest BCUT2D eigenvalue weighted by Crippen LogP contribution is -2.26. The normalized spacial score (nSPS) is 10.7. The molecule has 0 bridgehead atoms. The first-order chi connectivity index (χ1) is 8.13. The second kappa shape index (κ2) is 4.38. The van der Waals surface area contributed by atoms with E-state index in [9.17, 15) is 9.59 Å². The topological polar surface area (TPSA) is 99.5 Å². The zero-order valence-electron chi connectivity index (χ0n) is 9.23. The first-order valence-corrected chi connectivity index (χ1v) is 5.10. The number of aliphatic hydroxyl groups excluding tert-OH is 1. The summed E-state index contributed by atoms with van der Waals surface area (Å²) in [6, 6.07) is 1.37. The number of hydrogen-bond donors (Lipinski definition) is 3. The van der Waals surface area contributed by atoms with Crippen LogP contribution in [0, 0.1) is 6.92 Å². The molecule has 0 aliphatic carbocycles. The summed E-state index contributed by atoms with van der Waals surface area (Å²) in [4.78, 5) is 27.4. The lowest BCUT2D eigenvalue weighted by atomic mass is 10.3. The predicted octanol–water partition coefficient (Wildman–Crippen LogP) is -0.947. The van der Waals surface area contributed by atoms with Crippen molar-refractivity contribution in [2.75, 3.05) is 13.2 Å². The maximum Gasteiger partial charge on any atom is 0.272 e. The van der Waals surface area contributed by atoms with Gasteiger partial charge in [0.05, 0.1) is 6.61 Å². The number of carbonyl (C=O) groups excluding carboxylic acids is 1. The molecular formula is C10H12N4O3. The predicted molar refractivity (Wildman–Crippen MR) is 60.0 cm³/mol. The second-order valence-electron chi connectivity index (χ2n) is 3.56. The van der Waals surface area contributed by atoms with E-state index in [1.807, 2.05) is 0 Å². The fourth-order valence-electron chi connectivity index (χ4n) is 1.53. The number of aliphatic hydroxyl groups is 1. The van der Waals surface area contributed by atoms with E-state index >= 15 is 0 Å². The molecule has 0 aliphatic heterocycles. The Balaban J connectivity index is 2.49. The summed E-state index contributed by atoms with van der Waals surface area (Å²) in [5, 5.41) is 13.8. The van der Waals surface area contributed by atoms with E-state index in [1.54, 1.807) is 6.92 Å². The van der Waals surface area contributed by atoms with Gasteiger partial charge < -0.3 is 10.4 Å². The van der Waals surface area contributed by atoms with Crippen molar-refractivity contribution in [2.45, 2.75) is 6.92 Å². The van der Waals surface area contributed by atoms with E-state index in [4.69, 9.17) is 5.11 Å². The van der Waals surface area contributed by atoms with Crippen LogP contribution in [0.3, 0.4) is 0 Å². The van der Waals surface area contributed by atoms with Crippen LogP contribution in [0.1, 0.15) is 16.1 Å². The summed E-state index contributed by atoms with van der Waals surface area (Å²) in [5.74, 6) is -0.379. The third kappa shape index (κ3) is 2.04. The first-order valence-electron chi connectivity index (χ1n) is 5.10. The Morgan fingerprint density at radius 3 is 3.12 bits per heavy atom. The third-order valence-electron chi connectivity index (χ3n) is 2.27. The quantitative estimate of drug-likeness (QED) is 0.640. The third-order valence-corrected chi connectivity index (χ3v) is 2.27. The van der Waals surface area contributed by atoms with E-state index in [-0.39, 0.29) is 35.8 Å². The molecule has 0 aliphatic rings. The number of nitrogens with zero attached hydrogens (tertiary/aromatic N) is 2. The Labute approximate surface area is 96.1 Å². The van der Waals surface area contributed by atoms with Crippen LogP contribution in [0.5, 0.6) is 0 Å². The van der Waals surface area contributed by atoms with Gasteiger partial charge in [0, 0.05) is 24.5 Å². The Morgan fingerprint density at radius 2 is 2.41 bits per heavy atom. The molecule has 1 amide bonds. The average Bonchev–Trinajstić information content (AvgIpc) is 2.69. The largest absolute Gasteiger partial charge is 0.395 e. The van der Waals surface area contributed by atoms with Crippen molar-refractivity contribution >= 4 is 11.6 Å². The summed E-state index contributed by atoms with van der Waals surface area (Å²) in [5.41, 5.74) is 0.837. The molecule has 0 saturated carbocycles. The van der Waals surface area contributed by atoms with Crippen molar-refractivity contribution in [1.29, 1.82) is 0 Å². The van der Waals surface area contributed by atoms with Crippen LogP contribution < -0.4 is 10.9 Å². The Bertz CT molecular complexity index is 614. The molecule has 0 spiro atoms. The monoisotopic (exact) mass is 236 g/mol.